The van der Waals surface area contributed by atoms with Crippen LogP contribution in [0.5, 0.6) is 0 Å². The second-order valence-corrected chi connectivity index (χ2v) is 5.33. The molecular weight excluding hydrogens is 168 g/mol. The van der Waals surface area contributed by atoms with Crippen molar-refractivity contribution in [3.05, 3.63) is 0 Å². The Morgan fingerprint density at radius 3 is 1.77 bits per heavy atom. The molecule has 0 heterocycles. The van der Waals surface area contributed by atoms with E-state index in [1.165, 1.54) is 0 Å². The zero-order valence-corrected chi connectivity index (χ0v) is 8.08. The smallest absolute Gasteiger partial charge is 0.0702 e. The molecule has 3 heteroatoms. The van der Waals surface area contributed by atoms with Crippen LogP contribution >= 0.6 is 0 Å². The van der Waals surface area contributed by atoms with Gasteiger partial charge in [0, 0.05) is 19.3 Å². The monoisotopic (exact) mass is 186 g/mol. The first-order valence-corrected chi connectivity index (χ1v) is 5.00. The highest BCUT2D eigenvalue weighted by Crippen LogP contribution is 2.48. The van der Waals surface area contributed by atoms with Crippen LogP contribution in [0.1, 0.15) is 45.4 Å². The minimum atomic E-state index is -0.901. The van der Waals surface area contributed by atoms with E-state index in [4.69, 9.17) is 0 Å². The lowest BCUT2D eigenvalue weighted by molar-refractivity contribution is -0.195. The van der Waals surface area contributed by atoms with Crippen LogP contribution in [0, 0.1) is 0 Å². The molecule has 0 aromatic rings. The van der Waals surface area contributed by atoms with E-state index in [1.54, 1.807) is 6.92 Å². The summed E-state index contributed by atoms with van der Waals surface area (Å²) in [7, 11) is 0. The Balaban J connectivity index is 2.26. The fraction of sp³-hybridized carbons (Fsp3) is 1.00. The summed E-state index contributed by atoms with van der Waals surface area (Å²) in [6.45, 7) is 1.70. The van der Waals surface area contributed by atoms with Crippen LogP contribution < -0.4 is 0 Å². The Morgan fingerprint density at radius 1 is 0.846 bits per heavy atom. The van der Waals surface area contributed by atoms with Gasteiger partial charge in [-0.05, 0) is 26.2 Å². The van der Waals surface area contributed by atoms with Crippen LogP contribution in [0.4, 0.5) is 0 Å². The molecule has 0 aliphatic heterocycles. The lowest BCUT2D eigenvalue weighted by atomic mass is 9.61. The maximum Gasteiger partial charge on any atom is 0.0702 e. The minimum Gasteiger partial charge on any atom is -0.390 e. The Kier molecular flexibility index (Phi) is 1.79. The van der Waals surface area contributed by atoms with Gasteiger partial charge in [-0.15, -0.1) is 0 Å². The molecule has 2 unspecified atom stereocenters. The topological polar surface area (TPSA) is 60.7 Å². The second-order valence-electron chi connectivity index (χ2n) is 5.33. The van der Waals surface area contributed by atoms with Crippen molar-refractivity contribution in [2.75, 3.05) is 0 Å². The molecule has 2 rings (SSSR count). The first-order chi connectivity index (χ1) is 5.83. The number of aliphatic hydroxyl groups is 3. The van der Waals surface area contributed by atoms with Crippen molar-refractivity contribution in [3.63, 3.8) is 0 Å². The fourth-order valence-electron chi connectivity index (χ4n) is 3.32. The van der Waals surface area contributed by atoms with E-state index in [9.17, 15) is 15.3 Å². The van der Waals surface area contributed by atoms with E-state index in [1.807, 2.05) is 0 Å². The van der Waals surface area contributed by atoms with Gasteiger partial charge in [-0.1, -0.05) is 0 Å². The summed E-state index contributed by atoms with van der Waals surface area (Å²) < 4.78 is 0. The maximum atomic E-state index is 10.1. The summed E-state index contributed by atoms with van der Waals surface area (Å²) in [6.07, 6.45) is 3.54. The molecule has 13 heavy (non-hydrogen) atoms. The maximum absolute atomic E-state index is 10.1. The molecule has 0 radical (unpaired) electrons. The van der Waals surface area contributed by atoms with Crippen LogP contribution in [0.2, 0.25) is 0 Å². The zero-order chi connectivity index (χ0) is 9.74. The molecule has 3 nitrogen and oxygen atoms in total. The third-order valence-electron chi connectivity index (χ3n) is 3.36. The molecule has 0 amide bonds. The second kappa shape index (κ2) is 2.47. The summed E-state index contributed by atoms with van der Waals surface area (Å²) in [5.74, 6) is 0. The Hall–Kier alpha value is -0.120. The number of rotatable bonds is 0. The van der Waals surface area contributed by atoms with Crippen molar-refractivity contribution >= 4 is 0 Å². The molecule has 2 aliphatic rings. The fourth-order valence-corrected chi connectivity index (χ4v) is 3.32. The Morgan fingerprint density at radius 2 is 1.31 bits per heavy atom. The highest BCUT2D eigenvalue weighted by Gasteiger charge is 2.53. The van der Waals surface area contributed by atoms with E-state index in [2.05, 4.69) is 0 Å². The third kappa shape index (κ3) is 1.73. The van der Waals surface area contributed by atoms with Crippen molar-refractivity contribution in [1.29, 1.82) is 0 Å². The van der Waals surface area contributed by atoms with Gasteiger partial charge >= 0.3 is 0 Å². The molecule has 0 saturated heterocycles. The van der Waals surface area contributed by atoms with Gasteiger partial charge in [0.1, 0.15) is 0 Å². The van der Waals surface area contributed by atoms with Crippen molar-refractivity contribution in [2.45, 2.75) is 62.3 Å². The van der Waals surface area contributed by atoms with Crippen molar-refractivity contribution in [1.82, 2.24) is 0 Å². The molecule has 0 spiro atoms. The summed E-state index contributed by atoms with van der Waals surface area (Å²) in [4.78, 5) is 0. The van der Waals surface area contributed by atoms with Crippen LogP contribution in [-0.2, 0) is 0 Å². The van der Waals surface area contributed by atoms with E-state index < -0.39 is 16.8 Å². The van der Waals surface area contributed by atoms with Crippen molar-refractivity contribution < 1.29 is 15.3 Å². The Bertz CT molecular complexity index is 198. The number of hydrogen-bond acceptors (Lipinski definition) is 3. The van der Waals surface area contributed by atoms with Gasteiger partial charge in [0.05, 0.1) is 16.8 Å². The van der Waals surface area contributed by atoms with Gasteiger partial charge in [-0.3, -0.25) is 0 Å². The predicted molar refractivity (Wildman–Crippen MR) is 48.2 cm³/mol. The average molecular weight is 186 g/mol. The van der Waals surface area contributed by atoms with Crippen molar-refractivity contribution in [3.8, 4) is 0 Å². The normalized spacial score (nSPS) is 56.3. The summed E-state index contributed by atoms with van der Waals surface area (Å²) in [5, 5.41) is 30.1. The molecule has 2 bridgehead atoms. The van der Waals surface area contributed by atoms with Gasteiger partial charge in [0.2, 0.25) is 0 Å². The van der Waals surface area contributed by atoms with E-state index >= 15 is 0 Å². The standard InChI is InChI=1S/C10H18O3/c1-8(11)5-9(12)3-2-4-10(13,6-8)7-9/h11-13H,2-7H2,1H3. The highest BCUT2D eigenvalue weighted by molar-refractivity contribution is 5.06. The van der Waals surface area contributed by atoms with E-state index in [0.717, 1.165) is 6.42 Å². The van der Waals surface area contributed by atoms with Gasteiger partial charge in [0.25, 0.3) is 0 Å². The molecule has 2 saturated carbocycles. The molecule has 0 aromatic heterocycles. The third-order valence-corrected chi connectivity index (χ3v) is 3.36. The van der Waals surface area contributed by atoms with E-state index in [-0.39, 0.29) is 0 Å². The van der Waals surface area contributed by atoms with Crippen molar-refractivity contribution in [2.24, 2.45) is 0 Å². The van der Waals surface area contributed by atoms with Crippen LogP contribution in [0.25, 0.3) is 0 Å². The van der Waals surface area contributed by atoms with Gasteiger partial charge in [0.15, 0.2) is 0 Å². The van der Waals surface area contributed by atoms with E-state index in [0.29, 0.717) is 32.1 Å². The summed E-state index contributed by atoms with van der Waals surface area (Å²) in [5.41, 5.74) is -2.55. The molecule has 2 atom stereocenters. The summed E-state index contributed by atoms with van der Waals surface area (Å²) in [6, 6.07) is 0. The van der Waals surface area contributed by atoms with Gasteiger partial charge in [-0.25, -0.2) is 0 Å². The lowest BCUT2D eigenvalue weighted by Crippen LogP contribution is -2.57. The Labute approximate surface area is 78.4 Å². The van der Waals surface area contributed by atoms with Gasteiger partial charge in [-0.2, -0.15) is 0 Å². The quantitative estimate of drug-likeness (QED) is 0.518. The number of fused-ring (bicyclic) bond motifs is 2. The molecule has 0 aromatic carbocycles. The minimum absolute atomic E-state index is 0.405. The zero-order valence-electron chi connectivity index (χ0n) is 8.08. The molecule has 2 aliphatic carbocycles. The summed E-state index contributed by atoms with van der Waals surface area (Å²) >= 11 is 0. The molecule has 3 N–H and O–H groups in total. The first kappa shape index (κ1) is 9.44. The van der Waals surface area contributed by atoms with Gasteiger partial charge < -0.3 is 15.3 Å². The SMILES string of the molecule is CC1(O)CC2(O)CCCC(O)(C1)C2. The largest absolute Gasteiger partial charge is 0.390 e. The molecule has 76 valence electrons. The lowest BCUT2D eigenvalue weighted by Gasteiger charge is -2.52. The molecular formula is C10H18O3. The van der Waals surface area contributed by atoms with Crippen LogP contribution in [-0.4, -0.2) is 32.1 Å². The number of hydrogen-bond donors (Lipinski definition) is 3. The first-order valence-electron chi connectivity index (χ1n) is 5.00. The average Bonchev–Trinajstić information content (AvgIpc) is 1.76. The van der Waals surface area contributed by atoms with Crippen LogP contribution in [0.3, 0.4) is 0 Å². The predicted octanol–water partition coefficient (Wildman–Crippen LogP) is 0.567. The highest BCUT2D eigenvalue weighted by atomic mass is 16.3. The van der Waals surface area contributed by atoms with Crippen LogP contribution in [0.15, 0.2) is 0 Å². The molecule has 2 fully saturated rings.